The number of nitrogen functional groups attached to an aromatic ring is 1. The summed E-state index contributed by atoms with van der Waals surface area (Å²) in [5, 5.41) is 6.61. The van der Waals surface area contributed by atoms with Crippen LogP contribution in [0.2, 0.25) is 0 Å². The number of H-pyrrole nitrogens is 1. The van der Waals surface area contributed by atoms with Crippen molar-refractivity contribution in [3.63, 3.8) is 0 Å². The fraction of sp³-hybridized carbons (Fsp3) is 0.167. The van der Waals surface area contributed by atoms with Crippen LogP contribution in [0.5, 0.6) is 0 Å². The van der Waals surface area contributed by atoms with Gasteiger partial charge in [-0.15, -0.1) is 0 Å². The maximum absolute atomic E-state index is 5.55. The third-order valence-corrected chi connectivity index (χ3v) is 1.22. The molecule has 1 rings (SSSR count). The zero-order valence-corrected chi connectivity index (χ0v) is 5.31. The molecule has 9 heavy (non-hydrogen) atoms. The number of nitrogens with two attached hydrogens (primary N) is 1. The molecule has 0 saturated carbocycles. The lowest BCUT2D eigenvalue weighted by Gasteiger charge is -1.85. The number of aromatic amines is 1. The zero-order chi connectivity index (χ0) is 6.85. The standard InChI is InChI=1S/C6H9N3/c1-3-5-6(7)4(2)8-9-5/h3H,1,7H2,2H3,(H,8,9). The maximum atomic E-state index is 5.55. The Balaban J connectivity index is 3.18. The van der Waals surface area contributed by atoms with Gasteiger partial charge < -0.3 is 5.73 Å². The number of aromatic nitrogens is 2. The van der Waals surface area contributed by atoms with Gasteiger partial charge in [-0.1, -0.05) is 6.58 Å². The average molecular weight is 123 g/mol. The first-order valence-electron chi connectivity index (χ1n) is 2.68. The number of nitrogens with zero attached hydrogens (tertiary/aromatic N) is 1. The van der Waals surface area contributed by atoms with E-state index in [9.17, 15) is 0 Å². The van der Waals surface area contributed by atoms with Crippen molar-refractivity contribution in [2.24, 2.45) is 0 Å². The Morgan fingerprint density at radius 3 is 2.67 bits per heavy atom. The molecule has 0 atom stereocenters. The fourth-order valence-electron chi connectivity index (χ4n) is 0.612. The molecule has 0 amide bonds. The van der Waals surface area contributed by atoms with Crippen LogP contribution in [0.1, 0.15) is 11.4 Å². The molecule has 1 aromatic heterocycles. The monoisotopic (exact) mass is 123 g/mol. The summed E-state index contributed by atoms with van der Waals surface area (Å²) >= 11 is 0. The third-order valence-electron chi connectivity index (χ3n) is 1.22. The molecule has 0 aliphatic carbocycles. The highest BCUT2D eigenvalue weighted by Crippen LogP contribution is 2.12. The van der Waals surface area contributed by atoms with Gasteiger partial charge in [0, 0.05) is 0 Å². The minimum Gasteiger partial charge on any atom is -0.395 e. The SMILES string of the molecule is C=Cc1n[nH]c(C)c1N. The number of nitrogens with one attached hydrogen (secondary N) is 1. The van der Waals surface area contributed by atoms with Crippen molar-refractivity contribution in [1.29, 1.82) is 0 Å². The molecule has 0 unspecified atom stereocenters. The smallest absolute Gasteiger partial charge is 0.107 e. The summed E-state index contributed by atoms with van der Waals surface area (Å²) in [4.78, 5) is 0. The van der Waals surface area contributed by atoms with Crippen molar-refractivity contribution in [3.05, 3.63) is 18.0 Å². The number of anilines is 1. The summed E-state index contributed by atoms with van der Waals surface area (Å²) in [6.07, 6.45) is 1.62. The van der Waals surface area contributed by atoms with Crippen molar-refractivity contribution in [1.82, 2.24) is 10.2 Å². The van der Waals surface area contributed by atoms with Crippen molar-refractivity contribution < 1.29 is 0 Å². The molecule has 0 aliphatic heterocycles. The van der Waals surface area contributed by atoms with Crippen LogP contribution in [0.3, 0.4) is 0 Å². The summed E-state index contributed by atoms with van der Waals surface area (Å²) < 4.78 is 0. The Morgan fingerprint density at radius 2 is 2.44 bits per heavy atom. The van der Waals surface area contributed by atoms with E-state index in [0.29, 0.717) is 5.69 Å². The van der Waals surface area contributed by atoms with Crippen LogP contribution in [0.4, 0.5) is 5.69 Å². The molecular formula is C6H9N3. The van der Waals surface area contributed by atoms with Crippen molar-refractivity contribution in [2.75, 3.05) is 5.73 Å². The summed E-state index contributed by atoms with van der Waals surface area (Å²) in [5.74, 6) is 0. The number of rotatable bonds is 1. The van der Waals surface area contributed by atoms with E-state index >= 15 is 0 Å². The van der Waals surface area contributed by atoms with Gasteiger partial charge in [-0.2, -0.15) is 5.10 Å². The quantitative estimate of drug-likeness (QED) is 0.584. The van der Waals surface area contributed by atoms with Crippen LogP contribution >= 0.6 is 0 Å². The molecule has 1 aromatic rings. The van der Waals surface area contributed by atoms with Crippen LogP contribution in [0.25, 0.3) is 6.08 Å². The highest BCUT2D eigenvalue weighted by Gasteiger charge is 1.99. The van der Waals surface area contributed by atoms with Gasteiger partial charge in [0.2, 0.25) is 0 Å². The zero-order valence-electron chi connectivity index (χ0n) is 5.31. The van der Waals surface area contributed by atoms with Gasteiger partial charge in [-0.25, -0.2) is 0 Å². The van der Waals surface area contributed by atoms with Gasteiger partial charge in [0.05, 0.1) is 11.4 Å². The number of hydrogen-bond acceptors (Lipinski definition) is 2. The predicted octanol–water partition coefficient (Wildman–Crippen LogP) is 0.943. The van der Waals surface area contributed by atoms with Crippen LogP contribution in [-0.2, 0) is 0 Å². The molecule has 0 spiro atoms. The fourth-order valence-corrected chi connectivity index (χ4v) is 0.612. The molecule has 48 valence electrons. The highest BCUT2D eigenvalue weighted by molar-refractivity contribution is 5.61. The van der Waals surface area contributed by atoms with Crippen molar-refractivity contribution >= 4 is 11.8 Å². The van der Waals surface area contributed by atoms with Crippen LogP contribution in [0.15, 0.2) is 6.58 Å². The Morgan fingerprint density at radius 1 is 1.78 bits per heavy atom. The molecule has 0 saturated heterocycles. The van der Waals surface area contributed by atoms with Gasteiger partial charge in [-0.05, 0) is 13.0 Å². The Bertz CT molecular complexity index is 224. The largest absolute Gasteiger partial charge is 0.395 e. The van der Waals surface area contributed by atoms with E-state index in [1.807, 2.05) is 6.92 Å². The van der Waals surface area contributed by atoms with Gasteiger partial charge in [0.15, 0.2) is 0 Å². The second kappa shape index (κ2) is 1.93. The molecule has 0 aliphatic rings. The lowest BCUT2D eigenvalue weighted by Crippen LogP contribution is -1.86. The Hall–Kier alpha value is -1.25. The average Bonchev–Trinajstić information content (AvgIpc) is 2.15. The van der Waals surface area contributed by atoms with Crippen molar-refractivity contribution in [2.45, 2.75) is 6.92 Å². The normalized spacial score (nSPS) is 9.44. The lowest BCUT2D eigenvalue weighted by atomic mass is 10.3. The van der Waals surface area contributed by atoms with E-state index in [2.05, 4.69) is 16.8 Å². The van der Waals surface area contributed by atoms with Crippen molar-refractivity contribution in [3.8, 4) is 0 Å². The molecule has 0 fully saturated rings. The second-order valence-electron chi connectivity index (χ2n) is 1.85. The molecule has 3 N–H and O–H groups in total. The van der Waals surface area contributed by atoms with Crippen LogP contribution in [-0.4, -0.2) is 10.2 Å². The van der Waals surface area contributed by atoms with E-state index in [-0.39, 0.29) is 0 Å². The highest BCUT2D eigenvalue weighted by atomic mass is 15.1. The maximum Gasteiger partial charge on any atom is 0.107 e. The van der Waals surface area contributed by atoms with E-state index in [1.54, 1.807) is 6.08 Å². The second-order valence-corrected chi connectivity index (χ2v) is 1.85. The summed E-state index contributed by atoms with van der Waals surface area (Å²) in [5.41, 5.74) is 7.86. The summed E-state index contributed by atoms with van der Waals surface area (Å²) in [6, 6.07) is 0. The summed E-state index contributed by atoms with van der Waals surface area (Å²) in [7, 11) is 0. The minimum atomic E-state index is 0.685. The molecule has 3 nitrogen and oxygen atoms in total. The first-order chi connectivity index (χ1) is 4.25. The minimum absolute atomic E-state index is 0.685. The van der Waals surface area contributed by atoms with Gasteiger partial charge >= 0.3 is 0 Å². The van der Waals surface area contributed by atoms with Gasteiger partial charge in [0.1, 0.15) is 5.69 Å². The Labute approximate surface area is 53.6 Å². The van der Waals surface area contributed by atoms with Gasteiger partial charge in [0.25, 0.3) is 0 Å². The van der Waals surface area contributed by atoms with Gasteiger partial charge in [-0.3, -0.25) is 5.10 Å². The first-order valence-corrected chi connectivity index (χ1v) is 2.68. The Kier molecular flexibility index (Phi) is 1.26. The first kappa shape index (κ1) is 5.88. The lowest BCUT2D eigenvalue weighted by molar-refractivity contribution is 1.04. The molecule has 0 radical (unpaired) electrons. The predicted molar refractivity (Wildman–Crippen MR) is 37.8 cm³/mol. The van der Waals surface area contributed by atoms with E-state index in [1.165, 1.54) is 0 Å². The molecule has 0 bridgehead atoms. The third kappa shape index (κ3) is 0.806. The van der Waals surface area contributed by atoms with Crippen LogP contribution < -0.4 is 5.73 Å². The summed E-state index contributed by atoms with van der Waals surface area (Å²) in [6.45, 7) is 5.41. The molecule has 3 heteroatoms. The number of aryl methyl sites for hydroxylation is 1. The number of hydrogen-bond donors (Lipinski definition) is 2. The topological polar surface area (TPSA) is 54.7 Å². The van der Waals surface area contributed by atoms with E-state index in [4.69, 9.17) is 5.73 Å². The van der Waals surface area contributed by atoms with E-state index < -0.39 is 0 Å². The van der Waals surface area contributed by atoms with E-state index in [0.717, 1.165) is 11.4 Å². The molecule has 1 heterocycles. The molecule has 0 aromatic carbocycles. The van der Waals surface area contributed by atoms with Crippen LogP contribution in [0, 0.1) is 6.92 Å². The molecular weight excluding hydrogens is 114 g/mol.